The van der Waals surface area contributed by atoms with Crippen molar-refractivity contribution in [3.05, 3.63) is 40.9 Å². The lowest BCUT2D eigenvalue weighted by Gasteiger charge is -1.98. The first-order valence-corrected chi connectivity index (χ1v) is 4.28. The molecule has 4 heteroatoms. The van der Waals surface area contributed by atoms with Crippen molar-refractivity contribution in [2.24, 2.45) is 0 Å². The molecule has 1 aromatic carbocycles. The van der Waals surface area contributed by atoms with Crippen LogP contribution in [-0.2, 0) is 14.3 Å². The van der Waals surface area contributed by atoms with Crippen LogP contribution in [0, 0.1) is 0 Å². The van der Waals surface area contributed by atoms with Gasteiger partial charge in [0, 0.05) is 11.1 Å². The second-order valence-electron chi connectivity index (χ2n) is 2.78. The summed E-state index contributed by atoms with van der Waals surface area (Å²) in [6.45, 7) is 0. The molecule has 0 aromatic heterocycles. The van der Waals surface area contributed by atoms with E-state index in [4.69, 9.17) is 11.6 Å². The number of halogens is 1. The fourth-order valence-electron chi connectivity index (χ4n) is 1.21. The Bertz CT molecular complexity index is 448. The zero-order valence-corrected chi connectivity index (χ0v) is 7.75. The average molecular weight is 209 g/mol. The fraction of sp³-hybridized carbons (Fsp3) is 0. The molecule has 70 valence electrons. The normalized spacial score (nSPS) is 15.4. The number of cyclic esters (lactones) is 2. The van der Waals surface area contributed by atoms with Crippen LogP contribution in [0.2, 0.25) is 5.02 Å². The van der Waals surface area contributed by atoms with E-state index < -0.39 is 11.9 Å². The molecular weight excluding hydrogens is 204 g/mol. The Hall–Kier alpha value is -1.61. The molecule has 0 spiro atoms. The van der Waals surface area contributed by atoms with Gasteiger partial charge in [-0.15, -0.1) is 0 Å². The number of rotatable bonds is 1. The van der Waals surface area contributed by atoms with Gasteiger partial charge < -0.3 is 4.74 Å². The molecule has 0 aliphatic carbocycles. The van der Waals surface area contributed by atoms with Gasteiger partial charge in [0.05, 0.1) is 5.57 Å². The maximum Gasteiger partial charge on any atom is 0.346 e. The average Bonchev–Trinajstić information content (AvgIpc) is 2.45. The van der Waals surface area contributed by atoms with Crippen LogP contribution in [-0.4, -0.2) is 11.9 Å². The van der Waals surface area contributed by atoms with E-state index in [2.05, 4.69) is 4.74 Å². The van der Waals surface area contributed by atoms with Gasteiger partial charge >= 0.3 is 11.9 Å². The molecule has 0 atom stereocenters. The topological polar surface area (TPSA) is 43.4 Å². The van der Waals surface area contributed by atoms with E-state index >= 15 is 0 Å². The zero-order chi connectivity index (χ0) is 10.1. The van der Waals surface area contributed by atoms with Crippen molar-refractivity contribution in [1.29, 1.82) is 0 Å². The summed E-state index contributed by atoms with van der Waals surface area (Å²) < 4.78 is 4.35. The molecule has 0 amide bonds. The van der Waals surface area contributed by atoms with E-state index in [9.17, 15) is 9.59 Å². The van der Waals surface area contributed by atoms with Gasteiger partial charge in [0.1, 0.15) is 0 Å². The lowest BCUT2D eigenvalue weighted by atomic mass is 10.1. The number of carbonyl (C=O) groups is 2. The number of ether oxygens (including phenoxy) is 1. The zero-order valence-electron chi connectivity index (χ0n) is 6.99. The predicted octanol–water partition coefficient (Wildman–Crippen LogP) is 1.81. The molecule has 0 bridgehead atoms. The van der Waals surface area contributed by atoms with Crippen molar-refractivity contribution in [3.63, 3.8) is 0 Å². The van der Waals surface area contributed by atoms with E-state index in [1.165, 1.54) is 0 Å². The van der Waals surface area contributed by atoms with Crippen molar-refractivity contribution in [3.8, 4) is 0 Å². The monoisotopic (exact) mass is 208 g/mol. The Balaban J connectivity index is 2.45. The van der Waals surface area contributed by atoms with Crippen LogP contribution in [0.1, 0.15) is 5.56 Å². The van der Waals surface area contributed by atoms with Crippen LogP contribution < -0.4 is 0 Å². The maximum atomic E-state index is 11.1. The minimum absolute atomic E-state index is 0.248. The van der Waals surface area contributed by atoms with Crippen LogP contribution in [0.25, 0.3) is 5.57 Å². The van der Waals surface area contributed by atoms with Gasteiger partial charge in [0.25, 0.3) is 0 Å². The SMILES string of the molecule is O=C1C=C(c2cccc(Cl)c2)C(=O)O1. The largest absolute Gasteiger partial charge is 0.386 e. The molecule has 0 N–H and O–H groups in total. The van der Waals surface area contributed by atoms with E-state index in [1.807, 2.05) is 0 Å². The Labute approximate surface area is 84.9 Å². The van der Waals surface area contributed by atoms with Crippen LogP contribution in [0.4, 0.5) is 0 Å². The highest BCUT2D eigenvalue weighted by atomic mass is 35.5. The quantitative estimate of drug-likeness (QED) is 0.522. The number of benzene rings is 1. The first-order chi connectivity index (χ1) is 6.66. The summed E-state index contributed by atoms with van der Waals surface area (Å²) in [5.74, 6) is -1.26. The van der Waals surface area contributed by atoms with Gasteiger partial charge in [-0.2, -0.15) is 0 Å². The number of hydrogen-bond acceptors (Lipinski definition) is 3. The van der Waals surface area contributed by atoms with Crippen molar-refractivity contribution in [2.75, 3.05) is 0 Å². The Morgan fingerprint density at radius 2 is 2.00 bits per heavy atom. The van der Waals surface area contributed by atoms with Gasteiger partial charge in [0.15, 0.2) is 0 Å². The molecule has 1 aromatic rings. The molecule has 14 heavy (non-hydrogen) atoms. The molecule has 0 saturated heterocycles. The maximum absolute atomic E-state index is 11.1. The first kappa shape index (κ1) is 8.97. The fourth-order valence-corrected chi connectivity index (χ4v) is 1.40. The van der Waals surface area contributed by atoms with Crippen LogP contribution >= 0.6 is 11.6 Å². The first-order valence-electron chi connectivity index (χ1n) is 3.90. The minimum Gasteiger partial charge on any atom is -0.386 e. The van der Waals surface area contributed by atoms with Gasteiger partial charge in [-0.1, -0.05) is 23.7 Å². The standard InChI is InChI=1S/C10H5ClO3/c11-7-3-1-2-6(4-7)8-5-9(12)14-10(8)13/h1-5H. The summed E-state index contributed by atoms with van der Waals surface area (Å²) in [7, 11) is 0. The molecule has 0 saturated carbocycles. The Morgan fingerprint density at radius 3 is 2.57 bits per heavy atom. The predicted molar refractivity (Wildman–Crippen MR) is 50.5 cm³/mol. The third-order valence-electron chi connectivity index (χ3n) is 1.81. The minimum atomic E-state index is -0.634. The molecule has 2 rings (SSSR count). The lowest BCUT2D eigenvalue weighted by molar-refractivity contribution is -0.149. The summed E-state index contributed by atoms with van der Waals surface area (Å²) in [5, 5.41) is 0.510. The van der Waals surface area contributed by atoms with Crippen molar-refractivity contribution < 1.29 is 14.3 Å². The highest BCUT2D eigenvalue weighted by molar-refractivity contribution is 6.32. The van der Waals surface area contributed by atoms with Crippen LogP contribution in [0.5, 0.6) is 0 Å². The van der Waals surface area contributed by atoms with Crippen LogP contribution in [0.3, 0.4) is 0 Å². The molecule has 3 nitrogen and oxygen atoms in total. The summed E-state index contributed by atoms with van der Waals surface area (Å²) in [5.41, 5.74) is 0.839. The third-order valence-corrected chi connectivity index (χ3v) is 2.05. The van der Waals surface area contributed by atoms with Crippen molar-refractivity contribution in [2.45, 2.75) is 0 Å². The van der Waals surface area contributed by atoms with E-state index in [-0.39, 0.29) is 5.57 Å². The molecule has 0 radical (unpaired) electrons. The summed E-state index contributed by atoms with van der Waals surface area (Å²) in [6, 6.07) is 6.69. The summed E-state index contributed by atoms with van der Waals surface area (Å²) in [6.07, 6.45) is 1.16. The molecular formula is C10H5ClO3. The van der Waals surface area contributed by atoms with Gasteiger partial charge in [-0.3, -0.25) is 0 Å². The number of esters is 2. The number of hydrogen-bond donors (Lipinski definition) is 0. The van der Waals surface area contributed by atoms with Crippen molar-refractivity contribution >= 4 is 29.1 Å². The number of carbonyl (C=O) groups excluding carboxylic acids is 2. The van der Waals surface area contributed by atoms with E-state index in [1.54, 1.807) is 24.3 Å². The molecule has 1 aliphatic heterocycles. The Kier molecular flexibility index (Phi) is 2.09. The highest BCUT2D eigenvalue weighted by Gasteiger charge is 2.24. The lowest BCUT2D eigenvalue weighted by Crippen LogP contribution is -2.01. The second-order valence-corrected chi connectivity index (χ2v) is 3.21. The summed E-state index contributed by atoms with van der Waals surface area (Å²) >= 11 is 5.74. The van der Waals surface area contributed by atoms with Crippen LogP contribution in [0.15, 0.2) is 30.3 Å². The molecule has 1 aliphatic rings. The highest BCUT2D eigenvalue weighted by Crippen LogP contribution is 2.23. The molecule has 1 heterocycles. The smallest absolute Gasteiger partial charge is 0.346 e. The third kappa shape index (κ3) is 1.54. The molecule has 0 fully saturated rings. The van der Waals surface area contributed by atoms with Gasteiger partial charge in [-0.05, 0) is 17.7 Å². The van der Waals surface area contributed by atoms with E-state index in [0.29, 0.717) is 10.6 Å². The van der Waals surface area contributed by atoms with E-state index in [0.717, 1.165) is 6.08 Å². The molecule has 0 unspecified atom stereocenters. The van der Waals surface area contributed by atoms with Crippen molar-refractivity contribution in [1.82, 2.24) is 0 Å². The second kappa shape index (κ2) is 3.27. The van der Waals surface area contributed by atoms with Gasteiger partial charge in [-0.25, -0.2) is 9.59 Å². The summed E-state index contributed by atoms with van der Waals surface area (Å²) in [4.78, 5) is 21.9. The van der Waals surface area contributed by atoms with Gasteiger partial charge in [0.2, 0.25) is 0 Å². The Morgan fingerprint density at radius 1 is 1.21 bits per heavy atom.